The monoisotopic (exact) mass is 333 g/mol. The minimum absolute atomic E-state index is 0.390. The number of carboxylic acid groups (broad SMARTS) is 1. The summed E-state index contributed by atoms with van der Waals surface area (Å²) in [5, 5.41) is 9.76. The lowest BCUT2D eigenvalue weighted by atomic mass is 10.1. The molecular formula is C12H13BrClNO3. The molecule has 1 rings (SSSR count). The number of benzene rings is 1. The van der Waals surface area contributed by atoms with Crippen LogP contribution in [0.2, 0.25) is 5.02 Å². The van der Waals surface area contributed by atoms with Crippen LogP contribution in [-0.2, 0) is 9.59 Å². The van der Waals surface area contributed by atoms with Crippen LogP contribution in [0.1, 0.15) is 24.9 Å². The van der Waals surface area contributed by atoms with Gasteiger partial charge in [-0.1, -0.05) is 24.6 Å². The Morgan fingerprint density at radius 3 is 2.72 bits per heavy atom. The van der Waals surface area contributed by atoms with Gasteiger partial charge in [0.15, 0.2) is 6.04 Å². The molecule has 0 saturated carbocycles. The third kappa shape index (κ3) is 3.46. The molecule has 1 N–H and O–H groups in total. The third-order valence-corrected chi connectivity index (χ3v) is 3.66. The summed E-state index contributed by atoms with van der Waals surface area (Å²) in [4.78, 5) is 23.6. The Labute approximate surface area is 119 Å². The smallest absolute Gasteiger partial charge is 0.331 e. The van der Waals surface area contributed by atoms with Crippen molar-refractivity contribution in [2.45, 2.75) is 19.4 Å². The van der Waals surface area contributed by atoms with E-state index in [2.05, 4.69) is 15.9 Å². The molecule has 0 aliphatic carbocycles. The van der Waals surface area contributed by atoms with E-state index in [9.17, 15) is 14.7 Å². The number of halogens is 2. The zero-order chi connectivity index (χ0) is 13.7. The van der Waals surface area contributed by atoms with Gasteiger partial charge in [-0.25, -0.2) is 4.79 Å². The van der Waals surface area contributed by atoms with Crippen molar-refractivity contribution in [1.82, 2.24) is 4.90 Å². The number of rotatable bonds is 6. The normalized spacial score (nSPS) is 11.9. The van der Waals surface area contributed by atoms with Crippen LogP contribution in [0, 0.1) is 0 Å². The lowest BCUT2D eigenvalue weighted by Crippen LogP contribution is -2.33. The molecule has 0 aliphatic rings. The number of carbonyl (C=O) groups excluding carboxylic acids is 1. The zero-order valence-corrected chi connectivity index (χ0v) is 12.1. The highest BCUT2D eigenvalue weighted by Crippen LogP contribution is 2.28. The highest BCUT2D eigenvalue weighted by Gasteiger charge is 2.26. The molecule has 6 heteroatoms. The Morgan fingerprint density at radius 2 is 2.28 bits per heavy atom. The number of hydrogen-bond donors (Lipinski definition) is 1. The van der Waals surface area contributed by atoms with Crippen molar-refractivity contribution in [2.75, 3.05) is 6.54 Å². The molecule has 0 aliphatic heterocycles. The molecule has 1 atom stereocenters. The SMILES string of the molecule is CCCN(C=O)C(C(=O)O)c1ccc(Cl)c(Br)c1. The Morgan fingerprint density at radius 1 is 1.61 bits per heavy atom. The zero-order valence-electron chi connectivity index (χ0n) is 9.77. The first kappa shape index (κ1) is 15.0. The largest absolute Gasteiger partial charge is 0.479 e. The van der Waals surface area contributed by atoms with Crippen LogP contribution in [0.15, 0.2) is 22.7 Å². The maximum Gasteiger partial charge on any atom is 0.331 e. The van der Waals surface area contributed by atoms with E-state index in [4.69, 9.17) is 11.6 Å². The average molecular weight is 335 g/mol. The van der Waals surface area contributed by atoms with Gasteiger partial charge in [0.2, 0.25) is 6.41 Å². The van der Waals surface area contributed by atoms with Crippen LogP contribution < -0.4 is 0 Å². The Hall–Kier alpha value is -1.07. The van der Waals surface area contributed by atoms with Crippen LogP contribution in [0.25, 0.3) is 0 Å². The van der Waals surface area contributed by atoms with Gasteiger partial charge >= 0.3 is 5.97 Å². The summed E-state index contributed by atoms with van der Waals surface area (Å²) in [6, 6.07) is 3.84. The molecule has 0 radical (unpaired) electrons. The van der Waals surface area contributed by atoms with Crippen LogP contribution in [0.4, 0.5) is 0 Å². The molecule has 0 heterocycles. The Balaban J connectivity index is 3.14. The van der Waals surface area contributed by atoms with Gasteiger partial charge in [0.25, 0.3) is 0 Å². The molecule has 98 valence electrons. The van der Waals surface area contributed by atoms with Crippen LogP contribution in [0.3, 0.4) is 0 Å². The van der Waals surface area contributed by atoms with E-state index in [1.165, 1.54) is 4.90 Å². The summed E-state index contributed by atoms with van der Waals surface area (Å²) in [6.45, 7) is 2.27. The first-order valence-electron chi connectivity index (χ1n) is 5.40. The summed E-state index contributed by atoms with van der Waals surface area (Å²) in [5.74, 6) is -1.07. The molecule has 18 heavy (non-hydrogen) atoms. The van der Waals surface area contributed by atoms with Crippen molar-refractivity contribution in [3.63, 3.8) is 0 Å². The molecule has 0 fully saturated rings. The van der Waals surface area contributed by atoms with Crippen molar-refractivity contribution in [3.05, 3.63) is 33.3 Å². The fourth-order valence-corrected chi connectivity index (χ4v) is 2.17. The molecule has 0 aromatic heterocycles. The second-order valence-corrected chi connectivity index (χ2v) is 5.02. The lowest BCUT2D eigenvalue weighted by Gasteiger charge is -2.25. The van der Waals surface area contributed by atoms with Gasteiger partial charge in [-0.05, 0) is 40.0 Å². The van der Waals surface area contributed by atoms with E-state index in [0.717, 1.165) is 0 Å². The van der Waals surface area contributed by atoms with Crippen molar-refractivity contribution in [2.24, 2.45) is 0 Å². The van der Waals surface area contributed by atoms with Crippen molar-refractivity contribution in [1.29, 1.82) is 0 Å². The van der Waals surface area contributed by atoms with Crippen LogP contribution in [-0.4, -0.2) is 28.9 Å². The molecule has 0 saturated heterocycles. The number of hydrogen-bond acceptors (Lipinski definition) is 2. The molecular weight excluding hydrogens is 321 g/mol. The van der Waals surface area contributed by atoms with Gasteiger partial charge in [0.05, 0.1) is 5.02 Å². The predicted octanol–water partition coefficient (Wildman–Crippen LogP) is 3.10. The number of carboxylic acids is 1. The maximum absolute atomic E-state index is 11.3. The van der Waals surface area contributed by atoms with E-state index in [1.54, 1.807) is 18.2 Å². The fraction of sp³-hybridized carbons (Fsp3) is 0.333. The van der Waals surface area contributed by atoms with Gasteiger partial charge in [-0.3, -0.25) is 4.79 Å². The number of nitrogens with zero attached hydrogens (tertiary/aromatic N) is 1. The molecule has 0 bridgehead atoms. The Kier molecular flexibility index (Phi) is 5.62. The predicted molar refractivity (Wildman–Crippen MR) is 72.6 cm³/mol. The number of amides is 1. The van der Waals surface area contributed by atoms with Crippen LogP contribution in [0.5, 0.6) is 0 Å². The molecule has 4 nitrogen and oxygen atoms in total. The second kappa shape index (κ2) is 6.75. The summed E-state index contributed by atoms with van der Waals surface area (Å²) >= 11 is 9.10. The van der Waals surface area contributed by atoms with E-state index in [1.807, 2.05) is 6.92 Å². The van der Waals surface area contributed by atoms with E-state index in [0.29, 0.717) is 34.4 Å². The summed E-state index contributed by atoms with van der Waals surface area (Å²) < 4.78 is 0.607. The van der Waals surface area contributed by atoms with Crippen molar-refractivity contribution in [3.8, 4) is 0 Å². The highest BCUT2D eigenvalue weighted by atomic mass is 79.9. The fourth-order valence-electron chi connectivity index (χ4n) is 1.66. The molecule has 1 amide bonds. The minimum atomic E-state index is -1.07. The summed E-state index contributed by atoms with van der Waals surface area (Å²) in [5.41, 5.74) is 0.513. The van der Waals surface area contributed by atoms with Gasteiger partial charge in [-0.15, -0.1) is 0 Å². The average Bonchev–Trinajstić information content (AvgIpc) is 2.32. The van der Waals surface area contributed by atoms with Gasteiger partial charge in [0.1, 0.15) is 0 Å². The van der Waals surface area contributed by atoms with Crippen molar-refractivity contribution < 1.29 is 14.7 Å². The first-order chi connectivity index (χ1) is 8.51. The topological polar surface area (TPSA) is 57.6 Å². The summed E-state index contributed by atoms with van der Waals surface area (Å²) in [6.07, 6.45) is 1.25. The van der Waals surface area contributed by atoms with Gasteiger partial charge in [-0.2, -0.15) is 0 Å². The Bertz CT molecular complexity index is 453. The summed E-state index contributed by atoms with van der Waals surface area (Å²) in [7, 11) is 0. The number of carbonyl (C=O) groups is 2. The molecule has 1 unspecified atom stereocenters. The lowest BCUT2D eigenvalue weighted by molar-refractivity contribution is -0.146. The number of aliphatic carboxylic acids is 1. The quantitative estimate of drug-likeness (QED) is 0.813. The first-order valence-corrected chi connectivity index (χ1v) is 6.57. The van der Waals surface area contributed by atoms with Crippen molar-refractivity contribution >= 4 is 39.9 Å². The van der Waals surface area contributed by atoms with E-state index >= 15 is 0 Å². The highest BCUT2D eigenvalue weighted by molar-refractivity contribution is 9.10. The standard InChI is InChI=1S/C12H13BrClNO3/c1-2-5-15(7-16)11(12(17)18)8-3-4-10(14)9(13)6-8/h3-4,6-7,11H,2,5H2,1H3,(H,17,18). The molecule has 0 spiro atoms. The van der Waals surface area contributed by atoms with E-state index in [-0.39, 0.29) is 0 Å². The minimum Gasteiger partial charge on any atom is -0.479 e. The molecule has 1 aromatic carbocycles. The molecule has 1 aromatic rings. The van der Waals surface area contributed by atoms with Crippen LogP contribution >= 0.6 is 27.5 Å². The maximum atomic E-state index is 11.3. The van der Waals surface area contributed by atoms with Gasteiger partial charge < -0.3 is 10.0 Å². The van der Waals surface area contributed by atoms with E-state index < -0.39 is 12.0 Å². The third-order valence-electron chi connectivity index (χ3n) is 2.44. The van der Waals surface area contributed by atoms with Gasteiger partial charge in [0, 0.05) is 11.0 Å². The second-order valence-electron chi connectivity index (χ2n) is 3.76.